The van der Waals surface area contributed by atoms with Gasteiger partial charge in [0.25, 0.3) is 0 Å². The van der Waals surface area contributed by atoms with E-state index in [-0.39, 0.29) is 5.69 Å². The molecule has 0 aliphatic carbocycles. The van der Waals surface area contributed by atoms with Crippen LogP contribution in [0.4, 0.5) is 26.3 Å². The minimum absolute atomic E-state index is 0.0981. The molecule has 0 amide bonds. The van der Waals surface area contributed by atoms with Gasteiger partial charge in [-0.3, -0.25) is 0 Å². The molecule has 1 heterocycles. The Hall–Kier alpha value is -1.67. The number of hydrogen-bond donors (Lipinski definition) is 0. The summed E-state index contributed by atoms with van der Waals surface area (Å²) in [5.41, 5.74) is -1.80. The van der Waals surface area contributed by atoms with Crippen molar-refractivity contribution < 1.29 is 35.8 Å². The van der Waals surface area contributed by atoms with Crippen molar-refractivity contribution >= 4 is 0 Å². The van der Waals surface area contributed by atoms with Crippen LogP contribution in [0.15, 0.2) is 6.07 Å². The van der Waals surface area contributed by atoms with E-state index in [9.17, 15) is 26.3 Å². The quantitative estimate of drug-likeness (QED) is 0.776. The number of aryl methyl sites for hydroxylation is 1. The lowest BCUT2D eigenvalue weighted by Crippen LogP contribution is -2.22. The molecule has 0 bridgehead atoms. The SMILES string of the molecule is COc1cc(C)nc(OC(F)(F)F)c1C(F)(F)F. The fourth-order valence-electron chi connectivity index (χ4n) is 1.22. The molecule has 0 spiro atoms. The Bertz CT molecular complexity index is 440. The number of nitrogens with zero attached hydrogens (tertiary/aromatic N) is 1. The molecule has 3 nitrogen and oxygen atoms in total. The third kappa shape index (κ3) is 3.41. The molecule has 1 aromatic rings. The van der Waals surface area contributed by atoms with Crippen molar-refractivity contribution in [3.8, 4) is 11.6 Å². The van der Waals surface area contributed by atoms with Crippen LogP contribution in [0.25, 0.3) is 0 Å². The second-order valence-corrected chi connectivity index (χ2v) is 3.19. The van der Waals surface area contributed by atoms with Gasteiger partial charge in [-0.15, -0.1) is 13.2 Å². The summed E-state index contributed by atoms with van der Waals surface area (Å²) in [6.45, 7) is 1.21. The Kier molecular flexibility index (Phi) is 3.63. The van der Waals surface area contributed by atoms with Crippen LogP contribution in [-0.2, 0) is 6.18 Å². The highest BCUT2D eigenvalue weighted by molar-refractivity contribution is 5.44. The van der Waals surface area contributed by atoms with Crippen molar-refractivity contribution in [1.82, 2.24) is 4.98 Å². The van der Waals surface area contributed by atoms with Crippen LogP contribution in [0.3, 0.4) is 0 Å². The van der Waals surface area contributed by atoms with Crippen molar-refractivity contribution in [2.24, 2.45) is 0 Å². The molecule has 0 atom stereocenters. The first-order valence-corrected chi connectivity index (χ1v) is 4.43. The van der Waals surface area contributed by atoms with Crippen LogP contribution in [0.1, 0.15) is 11.3 Å². The van der Waals surface area contributed by atoms with Crippen molar-refractivity contribution in [3.05, 3.63) is 17.3 Å². The van der Waals surface area contributed by atoms with Crippen LogP contribution in [0, 0.1) is 6.92 Å². The van der Waals surface area contributed by atoms with Gasteiger partial charge in [0, 0.05) is 11.8 Å². The van der Waals surface area contributed by atoms with Gasteiger partial charge in [-0.05, 0) is 6.92 Å². The molecule has 9 heteroatoms. The van der Waals surface area contributed by atoms with Crippen molar-refractivity contribution in [2.75, 3.05) is 7.11 Å². The largest absolute Gasteiger partial charge is 0.574 e. The molecule has 0 saturated heterocycles. The third-order valence-corrected chi connectivity index (χ3v) is 1.79. The van der Waals surface area contributed by atoms with E-state index in [1.165, 1.54) is 6.92 Å². The van der Waals surface area contributed by atoms with Crippen LogP contribution < -0.4 is 9.47 Å². The summed E-state index contributed by atoms with van der Waals surface area (Å²) in [5.74, 6) is -2.36. The molecule has 0 fully saturated rings. The maximum atomic E-state index is 12.6. The summed E-state index contributed by atoms with van der Waals surface area (Å²) in [6.07, 6.45) is -10.3. The first kappa shape index (κ1) is 14.4. The predicted molar refractivity (Wildman–Crippen MR) is 47.2 cm³/mol. The van der Waals surface area contributed by atoms with Crippen molar-refractivity contribution in [3.63, 3.8) is 0 Å². The summed E-state index contributed by atoms with van der Waals surface area (Å²) in [6, 6.07) is 0.867. The lowest BCUT2D eigenvalue weighted by Gasteiger charge is -2.17. The first-order valence-electron chi connectivity index (χ1n) is 4.43. The zero-order valence-electron chi connectivity index (χ0n) is 9.11. The van der Waals surface area contributed by atoms with E-state index in [1.807, 2.05) is 0 Å². The number of ether oxygens (including phenoxy) is 2. The highest BCUT2D eigenvalue weighted by atomic mass is 19.4. The topological polar surface area (TPSA) is 31.4 Å². The first-order chi connectivity index (χ1) is 8.04. The zero-order chi connectivity index (χ0) is 14.1. The number of alkyl halides is 6. The monoisotopic (exact) mass is 275 g/mol. The molecule has 0 N–H and O–H groups in total. The molecule has 1 aromatic heterocycles. The highest BCUT2D eigenvalue weighted by Gasteiger charge is 2.43. The van der Waals surface area contributed by atoms with E-state index >= 15 is 0 Å². The van der Waals surface area contributed by atoms with E-state index in [4.69, 9.17) is 0 Å². The number of pyridine rings is 1. The normalized spacial score (nSPS) is 12.4. The fourth-order valence-corrected chi connectivity index (χ4v) is 1.22. The van der Waals surface area contributed by atoms with Gasteiger partial charge in [-0.1, -0.05) is 0 Å². The summed E-state index contributed by atoms with van der Waals surface area (Å²) >= 11 is 0. The molecule has 0 aliphatic rings. The van der Waals surface area contributed by atoms with Gasteiger partial charge in [0.1, 0.15) is 5.75 Å². The van der Waals surface area contributed by atoms with Gasteiger partial charge in [-0.25, -0.2) is 4.98 Å². The minimum Gasteiger partial charge on any atom is -0.496 e. The molecular weight excluding hydrogens is 268 g/mol. The summed E-state index contributed by atoms with van der Waals surface area (Å²) in [7, 11) is 0.904. The zero-order valence-corrected chi connectivity index (χ0v) is 9.11. The third-order valence-electron chi connectivity index (χ3n) is 1.79. The summed E-state index contributed by atoms with van der Waals surface area (Å²) in [5, 5.41) is 0. The predicted octanol–water partition coefficient (Wildman–Crippen LogP) is 3.32. The number of aromatic nitrogens is 1. The molecule has 102 valence electrons. The Morgan fingerprint density at radius 3 is 2.06 bits per heavy atom. The van der Waals surface area contributed by atoms with E-state index in [1.54, 1.807) is 0 Å². The second kappa shape index (κ2) is 4.54. The molecular formula is C9H7F6NO2. The number of hydrogen-bond acceptors (Lipinski definition) is 3. The molecule has 0 aliphatic heterocycles. The number of rotatable bonds is 2. The van der Waals surface area contributed by atoms with Crippen LogP contribution in [0.5, 0.6) is 11.6 Å². The van der Waals surface area contributed by atoms with E-state index in [0.717, 1.165) is 13.2 Å². The van der Waals surface area contributed by atoms with Crippen molar-refractivity contribution in [2.45, 2.75) is 19.5 Å². The van der Waals surface area contributed by atoms with E-state index in [2.05, 4.69) is 14.5 Å². The summed E-state index contributed by atoms with van der Waals surface area (Å²) < 4.78 is 81.6. The van der Waals surface area contributed by atoms with Crippen molar-refractivity contribution in [1.29, 1.82) is 0 Å². The van der Waals surface area contributed by atoms with Gasteiger partial charge < -0.3 is 9.47 Å². The van der Waals surface area contributed by atoms with Crippen LogP contribution in [-0.4, -0.2) is 18.5 Å². The minimum atomic E-state index is -5.27. The van der Waals surface area contributed by atoms with Gasteiger partial charge in [0.15, 0.2) is 5.56 Å². The smallest absolute Gasteiger partial charge is 0.496 e. The van der Waals surface area contributed by atoms with E-state index < -0.39 is 29.7 Å². The standard InChI is InChI=1S/C9H7F6NO2/c1-4-3-5(17-2)6(8(10,11)12)7(16-4)18-9(13,14)15/h3H,1-2H3. The molecule has 0 radical (unpaired) electrons. The Balaban J connectivity index is 3.43. The van der Waals surface area contributed by atoms with Gasteiger partial charge in [-0.2, -0.15) is 13.2 Å². The lowest BCUT2D eigenvalue weighted by molar-refractivity contribution is -0.278. The molecule has 0 unspecified atom stereocenters. The Labute approximate surface area is 97.3 Å². The fraction of sp³-hybridized carbons (Fsp3) is 0.444. The molecule has 0 saturated carbocycles. The maximum absolute atomic E-state index is 12.6. The van der Waals surface area contributed by atoms with E-state index in [0.29, 0.717) is 0 Å². The van der Waals surface area contributed by atoms with Gasteiger partial charge >= 0.3 is 12.5 Å². The van der Waals surface area contributed by atoms with Crippen LogP contribution >= 0.6 is 0 Å². The highest BCUT2D eigenvalue weighted by Crippen LogP contribution is 2.43. The molecule has 1 rings (SSSR count). The lowest BCUT2D eigenvalue weighted by atomic mass is 10.2. The second-order valence-electron chi connectivity index (χ2n) is 3.19. The Morgan fingerprint density at radius 1 is 1.11 bits per heavy atom. The average Bonchev–Trinajstić information content (AvgIpc) is 2.11. The average molecular weight is 275 g/mol. The Morgan fingerprint density at radius 2 is 1.67 bits per heavy atom. The molecule has 0 aromatic carbocycles. The number of methoxy groups -OCH3 is 1. The molecule has 18 heavy (non-hydrogen) atoms. The van der Waals surface area contributed by atoms with Crippen LogP contribution in [0.2, 0.25) is 0 Å². The van der Waals surface area contributed by atoms with Gasteiger partial charge in [0.05, 0.1) is 7.11 Å². The maximum Gasteiger partial charge on any atom is 0.574 e. The number of halogens is 6. The summed E-state index contributed by atoms with van der Waals surface area (Å²) in [4.78, 5) is 3.09. The van der Waals surface area contributed by atoms with Gasteiger partial charge in [0.2, 0.25) is 5.88 Å².